The van der Waals surface area contributed by atoms with Crippen LogP contribution >= 0.6 is 11.6 Å². The Hall–Kier alpha value is -3.51. The number of nitrogens with zero attached hydrogens (tertiary/aromatic N) is 2. The quantitative estimate of drug-likeness (QED) is 0.117. The van der Waals surface area contributed by atoms with E-state index in [9.17, 15) is 29.8 Å². The van der Waals surface area contributed by atoms with Gasteiger partial charge in [-0.1, -0.05) is 42.7 Å². The molecule has 2 aromatic rings. The molecule has 1 aliphatic carbocycles. The van der Waals surface area contributed by atoms with Crippen molar-refractivity contribution in [2.45, 2.75) is 51.5 Å². The fraction of sp³-hybridized carbons (Fsp3) is 0.419. The van der Waals surface area contributed by atoms with E-state index in [0.717, 1.165) is 40.0 Å². The maximum atomic E-state index is 13.9. The van der Waals surface area contributed by atoms with Crippen molar-refractivity contribution in [1.82, 2.24) is 0 Å². The third-order valence-electron chi connectivity index (χ3n) is 8.57. The summed E-state index contributed by atoms with van der Waals surface area (Å²) < 4.78 is 11.6. The zero-order valence-corrected chi connectivity index (χ0v) is 24.8. The highest BCUT2D eigenvalue weighted by molar-refractivity contribution is 6.43. The number of nitro groups is 1. The van der Waals surface area contributed by atoms with E-state index in [1.165, 1.54) is 30.3 Å². The summed E-state index contributed by atoms with van der Waals surface area (Å²) in [5.41, 5.74) is 3.66. The molecule has 0 bridgehead atoms. The minimum atomic E-state index is -1.12. The average Bonchev–Trinajstić information content (AvgIpc) is 3.22. The molecule has 0 unspecified atom stereocenters. The van der Waals surface area contributed by atoms with Gasteiger partial charge in [-0.15, -0.1) is 0 Å². The van der Waals surface area contributed by atoms with Gasteiger partial charge in [-0.25, -0.2) is 4.90 Å². The first-order valence-corrected chi connectivity index (χ1v) is 14.8. The number of anilines is 1. The number of hydrogen-bond acceptors (Lipinski definition) is 8. The molecule has 12 heteroatoms. The molecule has 0 radical (unpaired) electrons. The number of aromatic hydroxyl groups is 1. The minimum absolute atomic E-state index is 0.0898. The number of imide groups is 1. The van der Waals surface area contributed by atoms with Gasteiger partial charge in [0.15, 0.2) is 0 Å². The van der Waals surface area contributed by atoms with Crippen LogP contribution in [0.5, 0.6) is 5.75 Å². The molecule has 43 heavy (non-hydrogen) atoms. The van der Waals surface area contributed by atoms with Crippen molar-refractivity contribution in [2.75, 3.05) is 18.6 Å². The van der Waals surface area contributed by atoms with Crippen LogP contribution in [0.1, 0.15) is 44.6 Å². The first-order valence-electron chi connectivity index (χ1n) is 14.5. The number of carbonyl (C=O) groups is 2. The number of nitro benzene ring substituents is 1. The van der Waals surface area contributed by atoms with Gasteiger partial charge in [0, 0.05) is 19.2 Å². The first kappa shape index (κ1) is 30.9. The molecule has 226 valence electrons. The summed E-state index contributed by atoms with van der Waals surface area (Å²) in [6.45, 7) is 2.34. The number of benzene rings is 2. The van der Waals surface area contributed by atoms with E-state index in [1.807, 2.05) is 6.08 Å². The molecular formula is C31H34BClN2O8. The smallest absolute Gasteiger partial charge is 0.455 e. The number of non-ortho nitro benzene ring substituents is 1. The van der Waals surface area contributed by atoms with Crippen LogP contribution < -0.4 is 4.90 Å². The topological polar surface area (TPSA) is 139 Å². The van der Waals surface area contributed by atoms with Gasteiger partial charge in [0.05, 0.1) is 40.2 Å². The highest BCUT2D eigenvalue weighted by Gasteiger charge is 2.57. The highest BCUT2D eigenvalue weighted by atomic mass is 35.5. The lowest BCUT2D eigenvalue weighted by atomic mass is 9.58. The number of carbonyl (C=O) groups excluding carboxylic acids is 2. The normalized spacial score (nSPS) is 24.0. The van der Waals surface area contributed by atoms with Crippen molar-refractivity contribution < 1.29 is 34.0 Å². The number of hydrogen-bond donors (Lipinski definition) is 2. The van der Waals surface area contributed by atoms with Gasteiger partial charge in [-0.2, -0.15) is 0 Å². The molecule has 10 nitrogen and oxygen atoms in total. The van der Waals surface area contributed by atoms with Crippen molar-refractivity contribution >= 4 is 48.0 Å². The molecule has 2 N–H and O–H groups in total. The molecule has 2 aromatic carbocycles. The van der Waals surface area contributed by atoms with E-state index in [1.54, 1.807) is 19.2 Å². The number of methoxy groups -OCH3 is 1. The third-order valence-corrected chi connectivity index (χ3v) is 8.90. The molecule has 0 spiro atoms. The summed E-state index contributed by atoms with van der Waals surface area (Å²) in [7, 11) is 0.448. The number of amides is 2. The summed E-state index contributed by atoms with van der Waals surface area (Å²) in [5, 5.41) is 32.4. The Balaban J connectivity index is 1.45. The van der Waals surface area contributed by atoms with E-state index < -0.39 is 47.7 Å². The molecule has 2 heterocycles. The fourth-order valence-electron chi connectivity index (χ4n) is 6.83. The molecule has 2 amide bonds. The number of allylic oxidation sites excluding steroid dienone is 1. The van der Waals surface area contributed by atoms with E-state index in [2.05, 4.69) is 6.92 Å². The van der Waals surface area contributed by atoms with Gasteiger partial charge in [0.1, 0.15) is 5.75 Å². The maximum Gasteiger partial charge on any atom is 0.455 e. The Morgan fingerprint density at radius 3 is 2.70 bits per heavy atom. The Kier molecular flexibility index (Phi) is 9.36. The summed E-state index contributed by atoms with van der Waals surface area (Å²) in [5.74, 6) is -2.56. The van der Waals surface area contributed by atoms with Crippen LogP contribution in [-0.2, 0) is 19.0 Å². The van der Waals surface area contributed by atoms with Gasteiger partial charge >= 0.3 is 7.12 Å². The number of rotatable bonds is 10. The predicted molar refractivity (Wildman–Crippen MR) is 162 cm³/mol. The second kappa shape index (κ2) is 13.0. The highest BCUT2D eigenvalue weighted by Crippen LogP contribution is 2.51. The Labute approximate surface area is 255 Å². The van der Waals surface area contributed by atoms with E-state index in [4.69, 9.17) is 21.0 Å². The van der Waals surface area contributed by atoms with Crippen LogP contribution in [0.3, 0.4) is 0 Å². The van der Waals surface area contributed by atoms with E-state index in [-0.39, 0.29) is 30.1 Å². The number of halogens is 1. The Bertz CT molecular complexity index is 1490. The monoisotopic (exact) mass is 608 g/mol. The van der Waals surface area contributed by atoms with Gasteiger partial charge in [0.2, 0.25) is 11.8 Å². The lowest BCUT2D eigenvalue weighted by Crippen LogP contribution is -2.46. The van der Waals surface area contributed by atoms with Gasteiger partial charge < -0.3 is 19.5 Å². The Morgan fingerprint density at radius 2 is 2.00 bits per heavy atom. The Morgan fingerprint density at radius 1 is 1.21 bits per heavy atom. The van der Waals surface area contributed by atoms with Crippen LogP contribution in [0.4, 0.5) is 11.4 Å². The van der Waals surface area contributed by atoms with Crippen molar-refractivity contribution in [1.29, 1.82) is 0 Å². The maximum absolute atomic E-state index is 13.9. The number of ether oxygens (including phenoxy) is 1. The predicted octanol–water partition coefficient (Wildman–Crippen LogP) is 5.57. The van der Waals surface area contributed by atoms with E-state index >= 15 is 0 Å². The van der Waals surface area contributed by atoms with Crippen molar-refractivity contribution in [3.8, 4) is 5.75 Å². The molecule has 4 atom stereocenters. The minimum Gasteiger partial charge on any atom is -0.508 e. The molecule has 2 saturated heterocycles. The second-order valence-corrected chi connectivity index (χ2v) is 11.7. The molecule has 0 aromatic heterocycles. The van der Waals surface area contributed by atoms with Crippen LogP contribution in [0.15, 0.2) is 59.2 Å². The van der Waals surface area contributed by atoms with Crippen LogP contribution in [0.2, 0.25) is 11.3 Å². The molecule has 2 aliphatic heterocycles. The summed E-state index contributed by atoms with van der Waals surface area (Å²) in [6.07, 6.45) is 4.87. The zero-order chi connectivity index (χ0) is 30.8. The molecule has 3 aliphatic rings. The largest absolute Gasteiger partial charge is 0.508 e. The average molecular weight is 609 g/mol. The van der Waals surface area contributed by atoms with Crippen molar-refractivity contribution in [3.05, 3.63) is 79.9 Å². The summed E-state index contributed by atoms with van der Waals surface area (Å²) in [4.78, 5) is 39.4. The second-order valence-electron chi connectivity index (χ2n) is 11.3. The van der Waals surface area contributed by atoms with Crippen LogP contribution in [0.25, 0.3) is 6.08 Å². The number of phenols is 1. The molecule has 5 rings (SSSR count). The first-order chi connectivity index (χ1) is 20.6. The van der Waals surface area contributed by atoms with E-state index in [0.29, 0.717) is 24.3 Å². The summed E-state index contributed by atoms with van der Waals surface area (Å²) in [6, 6.07) is 10.4. The van der Waals surface area contributed by atoms with Crippen molar-refractivity contribution in [2.24, 2.45) is 17.8 Å². The molecule has 0 saturated carbocycles. The van der Waals surface area contributed by atoms with Gasteiger partial charge in [-0.05, 0) is 78.9 Å². The fourth-order valence-corrected chi connectivity index (χ4v) is 7.06. The zero-order valence-electron chi connectivity index (χ0n) is 24.1. The third kappa shape index (κ3) is 6.26. The molecular weight excluding hydrogens is 575 g/mol. The van der Waals surface area contributed by atoms with Crippen molar-refractivity contribution in [3.63, 3.8) is 0 Å². The van der Waals surface area contributed by atoms with Gasteiger partial charge in [0.25, 0.3) is 5.69 Å². The summed E-state index contributed by atoms with van der Waals surface area (Å²) >= 11 is 6.36. The SMILES string of the molecule is CCC/C(=C\c1ccc(O)cc1Cl)CC[C@H]1OB(O)C[C@H]2C1=C(COC)C[C@H]1C(=O)N(c3cccc([N+](=O)[O-])c3)C(=O)[C@H]12. The van der Waals surface area contributed by atoms with Crippen LogP contribution in [0, 0.1) is 27.9 Å². The molecule has 2 fully saturated rings. The lowest BCUT2D eigenvalue weighted by molar-refractivity contribution is -0.384. The van der Waals surface area contributed by atoms with Crippen LogP contribution in [-0.4, -0.2) is 53.8 Å². The number of fused-ring (bicyclic) bond motifs is 3. The lowest BCUT2D eigenvalue weighted by Gasteiger charge is -2.43. The van der Waals surface area contributed by atoms with Gasteiger partial charge in [-0.3, -0.25) is 19.7 Å². The standard InChI is InChI=1S/C31H34BClN2O8/c1-3-5-18(12-19-9-10-23(36)15-26(19)33)8-11-27-28-20(17-42-2)13-24-29(25(28)16-32(39)43-27)31(38)34(30(24)37)21-6-4-7-22(14-21)35(40)41/h4,6-7,9-10,12,14-15,24-25,27,29,36,39H,3,5,8,11,13,16-17H2,1-2H3/b18-12+/t24-,25+,27-,29-/m1/s1. The number of phenolic OH excluding ortho intramolecular Hbond substituents is 1.